The molecule has 0 atom stereocenters. The lowest BCUT2D eigenvalue weighted by molar-refractivity contribution is 0.339. The SMILES string of the molecule is [CH2]c1ccc(F)c(Oc2ccc(OCC)cc2)c1. The van der Waals surface area contributed by atoms with Crippen LogP contribution in [0, 0.1) is 12.7 Å². The van der Waals surface area contributed by atoms with Crippen molar-refractivity contribution in [2.75, 3.05) is 6.61 Å². The van der Waals surface area contributed by atoms with E-state index in [1.165, 1.54) is 6.07 Å². The van der Waals surface area contributed by atoms with Gasteiger partial charge in [-0.25, -0.2) is 4.39 Å². The largest absolute Gasteiger partial charge is 0.494 e. The minimum absolute atomic E-state index is 0.173. The van der Waals surface area contributed by atoms with Gasteiger partial charge in [0.05, 0.1) is 6.61 Å². The van der Waals surface area contributed by atoms with Gasteiger partial charge in [-0.15, -0.1) is 0 Å². The molecule has 0 heterocycles. The molecule has 0 saturated heterocycles. The molecule has 0 saturated carbocycles. The first-order chi connectivity index (χ1) is 8.69. The molecule has 2 aromatic carbocycles. The standard InChI is InChI=1S/C15H14FO2/c1-3-17-12-5-7-13(8-6-12)18-15-10-11(2)4-9-14(15)16/h4-10H,2-3H2,1H3. The van der Waals surface area contributed by atoms with Crippen LogP contribution in [0.4, 0.5) is 4.39 Å². The molecule has 0 aliphatic heterocycles. The number of hydrogen-bond acceptors (Lipinski definition) is 2. The second kappa shape index (κ2) is 5.54. The van der Waals surface area contributed by atoms with Crippen molar-refractivity contribution < 1.29 is 13.9 Å². The van der Waals surface area contributed by atoms with Gasteiger partial charge in [0.1, 0.15) is 11.5 Å². The van der Waals surface area contributed by atoms with Crippen LogP contribution in [0.1, 0.15) is 12.5 Å². The highest BCUT2D eigenvalue weighted by Gasteiger charge is 2.05. The van der Waals surface area contributed by atoms with Crippen molar-refractivity contribution in [2.45, 2.75) is 6.92 Å². The maximum atomic E-state index is 13.5. The molecular weight excluding hydrogens is 231 g/mol. The third kappa shape index (κ3) is 3.00. The minimum atomic E-state index is -0.406. The van der Waals surface area contributed by atoms with Gasteiger partial charge < -0.3 is 9.47 Å². The number of halogens is 1. The smallest absolute Gasteiger partial charge is 0.165 e. The Morgan fingerprint density at radius 2 is 1.72 bits per heavy atom. The fourth-order valence-corrected chi connectivity index (χ4v) is 1.52. The molecule has 93 valence electrons. The van der Waals surface area contributed by atoms with Crippen molar-refractivity contribution in [3.63, 3.8) is 0 Å². The van der Waals surface area contributed by atoms with Crippen molar-refractivity contribution in [1.82, 2.24) is 0 Å². The predicted molar refractivity (Wildman–Crippen MR) is 68.5 cm³/mol. The molecule has 2 rings (SSSR count). The van der Waals surface area contributed by atoms with Crippen molar-refractivity contribution in [3.8, 4) is 17.2 Å². The lowest BCUT2D eigenvalue weighted by Crippen LogP contribution is -1.92. The maximum Gasteiger partial charge on any atom is 0.165 e. The molecule has 18 heavy (non-hydrogen) atoms. The highest BCUT2D eigenvalue weighted by atomic mass is 19.1. The van der Waals surface area contributed by atoms with E-state index in [2.05, 4.69) is 6.92 Å². The minimum Gasteiger partial charge on any atom is -0.494 e. The summed E-state index contributed by atoms with van der Waals surface area (Å²) in [4.78, 5) is 0. The van der Waals surface area contributed by atoms with E-state index >= 15 is 0 Å². The van der Waals surface area contributed by atoms with Gasteiger partial charge in [0, 0.05) is 0 Å². The Hall–Kier alpha value is -2.03. The second-order valence-corrected chi connectivity index (χ2v) is 3.77. The maximum absolute atomic E-state index is 13.5. The molecule has 3 heteroatoms. The molecule has 0 aliphatic carbocycles. The Labute approximate surface area is 106 Å². The van der Waals surface area contributed by atoms with Gasteiger partial charge in [0.15, 0.2) is 11.6 Å². The van der Waals surface area contributed by atoms with Gasteiger partial charge >= 0.3 is 0 Å². The van der Waals surface area contributed by atoms with E-state index in [0.717, 1.165) is 5.75 Å². The zero-order valence-electron chi connectivity index (χ0n) is 10.2. The lowest BCUT2D eigenvalue weighted by Gasteiger charge is -2.08. The quantitative estimate of drug-likeness (QED) is 0.803. The van der Waals surface area contributed by atoms with Gasteiger partial charge in [-0.05, 0) is 55.8 Å². The number of hydrogen-bond donors (Lipinski definition) is 0. The molecule has 0 aromatic heterocycles. The molecule has 1 radical (unpaired) electrons. The first kappa shape index (κ1) is 12.4. The molecule has 2 aromatic rings. The number of ether oxygens (including phenoxy) is 2. The molecule has 0 spiro atoms. The average Bonchev–Trinajstić information content (AvgIpc) is 2.37. The van der Waals surface area contributed by atoms with Crippen LogP contribution in [0.2, 0.25) is 0 Å². The Kier molecular flexibility index (Phi) is 3.82. The number of rotatable bonds is 4. The number of benzene rings is 2. The molecule has 0 bridgehead atoms. The first-order valence-electron chi connectivity index (χ1n) is 5.71. The Morgan fingerprint density at radius 3 is 2.39 bits per heavy atom. The van der Waals surface area contributed by atoms with Crippen molar-refractivity contribution >= 4 is 0 Å². The summed E-state index contributed by atoms with van der Waals surface area (Å²) in [6.45, 7) is 6.26. The van der Waals surface area contributed by atoms with E-state index in [9.17, 15) is 4.39 Å². The molecule has 0 amide bonds. The topological polar surface area (TPSA) is 18.5 Å². The third-order valence-electron chi connectivity index (χ3n) is 2.36. The first-order valence-corrected chi connectivity index (χ1v) is 5.71. The molecule has 0 unspecified atom stereocenters. The summed E-state index contributed by atoms with van der Waals surface area (Å²) < 4.78 is 24.2. The van der Waals surface area contributed by atoms with Gasteiger partial charge in [0.2, 0.25) is 0 Å². The Bertz CT molecular complexity index is 521. The summed E-state index contributed by atoms with van der Waals surface area (Å²) in [6.07, 6.45) is 0. The summed E-state index contributed by atoms with van der Waals surface area (Å²) in [7, 11) is 0. The fraction of sp³-hybridized carbons (Fsp3) is 0.133. The summed E-state index contributed by atoms with van der Waals surface area (Å²) >= 11 is 0. The van der Waals surface area contributed by atoms with E-state index in [0.29, 0.717) is 17.9 Å². The van der Waals surface area contributed by atoms with Gasteiger partial charge in [-0.2, -0.15) is 0 Å². The third-order valence-corrected chi connectivity index (χ3v) is 2.36. The Balaban J connectivity index is 2.15. The molecule has 0 aliphatic rings. The van der Waals surface area contributed by atoms with E-state index < -0.39 is 5.82 Å². The van der Waals surface area contributed by atoms with Crippen LogP contribution in [-0.2, 0) is 0 Å². The van der Waals surface area contributed by atoms with Crippen LogP contribution in [0.25, 0.3) is 0 Å². The predicted octanol–water partition coefficient (Wildman–Crippen LogP) is 4.20. The van der Waals surface area contributed by atoms with E-state index in [1.807, 2.05) is 6.92 Å². The van der Waals surface area contributed by atoms with Crippen LogP contribution >= 0.6 is 0 Å². The van der Waals surface area contributed by atoms with E-state index in [4.69, 9.17) is 9.47 Å². The van der Waals surface area contributed by atoms with Crippen molar-refractivity contribution in [2.24, 2.45) is 0 Å². The van der Waals surface area contributed by atoms with Gasteiger partial charge in [-0.1, -0.05) is 6.07 Å². The summed E-state index contributed by atoms with van der Waals surface area (Å²) in [6, 6.07) is 11.5. The van der Waals surface area contributed by atoms with Crippen LogP contribution in [0.15, 0.2) is 42.5 Å². The highest BCUT2D eigenvalue weighted by molar-refractivity contribution is 5.38. The van der Waals surface area contributed by atoms with Crippen LogP contribution in [0.5, 0.6) is 17.2 Å². The molecule has 0 fully saturated rings. The molecule has 2 nitrogen and oxygen atoms in total. The Morgan fingerprint density at radius 1 is 1.06 bits per heavy atom. The van der Waals surface area contributed by atoms with Crippen LogP contribution in [0.3, 0.4) is 0 Å². The van der Waals surface area contributed by atoms with Gasteiger partial charge in [-0.3, -0.25) is 0 Å². The van der Waals surface area contributed by atoms with Crippen molar-refractivity contribution in [1.29, 1.82) is 0 Å². The monoisotopic (exact) mass is 245 g/mol. The van der Waals surface area contributed by atoms with E-state index in [1.54, 1.807) is 36.4 Å². The summed E-state index contributed by atoms with van der Waals surface area (Å²) in [5, 5.41) is 0. The average molecular weight is 245 g/mol. The van der Waals surface area contributed by atoms with Crippen molar-refractivity contribution in [3.05, 3.63) is 60.8 Å². The molecular formula is C15H14FO2. The summed E-state index contributed by atoms with van der Waals surface area (Å²) in [5.41, 5.74) is 0.706. The van der Waals surface area contributed by atoms with E-state index in [-0.39, 0.29) is 5.75 Å². The highest BCUT2D eigenvalue weighted by Crippen LogP contribution is 2.26. The van der Waals surface area contributed by atoms with Crippen LogP contribution < -0.4 is 9.47 Å². The fourth-order valence-electron chi connectivity index (χ4n) is 1.52. The second-order valence-electron chi connectivity index (χ2n) is 3.77. The summed E-state index contributed by atoms with van der Waals surface area (Å²) in [5.74, 6) is 1.09. The zero-order valence-corrected chi connectivity index (χ0v) is 10.2. The molecule has 0 N–H and O–H groups in total. The van der Waals surface area contributed by atoms with Gasteiger partial charge in [0.25, 0.3) is 0 Å². The lowest BCUT2D eigenvalue weighted by atomic mass is 10.2. The normalized spacial score (nSPS) is 10.2. The zero-order chi connectivity index (χ0) is 13.0. The van der Waals surface area contributed by atoms with Crippen LogP contribution in [-0.4, -0.2) is 6.61 Å².